The van der Waals surface area contributed by atoms with Crippen LogP contribution < -0.4 is 5.32 Å². The number of rotatable bonds is 2. The Labute approximate surface area is 107 Å². The number of likely N-dealkylation sites (N-methyl/N-ethyl adjacent to an activating group) is 1. The fourth-order valence-corrected chi connectivity index (χ4v) is 3.53. The van der Waals surface area contributed by atoms with Gasteiger partial charge in [0.25, 0.3) is 0 Å². The average Bonchev–Trinajstić information content (AvgIpc) is 2.60. The molecule has 0 aliphatic carbocycles. The van der Waals surface area contributed by atoms with Crippen LogP contribution in [-0.4, -0.2) is 42.5 Å². The molecule has 0 spiro atoms. The van der Waals surface area contributed by atoms with Crippen molar-refractivity contribution in [2.45, 2.75) is 38.3 Å². The number of carbonyl (C=O) groups excluding carboxylic acids is 2. The van der Waals surface area contributed by atoms with Crippen LogP contribution in [-0.2, 0) is 14.3 Å². The van der Waals surface area contributed by atoms with Gasteiger partial charge in [-0.25, -0.2) is 0 Å². The van der Waals surface area contributed by atoms with Gasteiger partial charge in [-0.1, -0.05) is 13.0 Å². The molecule has 5 nitrogen and oxygen atoms in total. The summed E-state index contributed by atoms with van der Waals surface area (Å²) in [5, 5.41) is 2.93. The first-order valence-electron chi connectivity index (χ1n) is 6.31. The average molecular weight is 252 g/mol. The van der Waals surface area contributed by atoms with Crippen LogP contribution in [0.5, 0.6) is 0 Å². The summed E-state index contributed by atoms with van der Waals surface area (Å²) < 4.78 is 4.91. The Hall–Kier alpha value is -1.36. The maximum Gasteiger partial charge on any atom is 0.311 e. The highest BCUT2D eigenvalue weighted by molar-refractivity contribution is 5.89. The number of nitrogens with one attached hydrogen (secondary N) is 1. The van der Waals surface area contributed by atoms with E-state index in [1.807, 2.05) is 31.9 Å². The lowest BCUT2D eigenvalue weighted by Gasteiger charge is -2.45. The summed E-state index contributed by atoms with van der Waals surface area (Å²) in [6.45, 7) is 3.92. The molecule has 0 saturated carbocycles. The summed E-state index contributed by atoms with van der Waals surface area (Å²) in [5.74, 6) is -0.546. The first-order chi connectivity index (χ1) is 8.52. The Morgan fingerprint density at radius 2 is 2.33 bits per heavy atom. The molecule has 5 heteroatoms. The number of amides is 1. The highest BCUT2D eigenvalue weighted by atomic mass is 16.5. The number of hydrogen-bond donors (Lipinski definition) is 1. The monoisotopic (exact) mass is 252 g/mol. The number of piperazine rings is 1. The highest BCUT2D eigenvalue weighted by Gasteiger charge is 2.61. The number of methoxy groups -OCH3 is 1. The van der Waals surface area contributed by atoms with E-state index in [0.29, 0.717) is 6.42 Å². The van der Waals surface area contributed by atoms with Crippen LogP contribution in [0.25, 0.3) is 0 Å². The second-order valence-electron chi connectivity index (χ2n) is 4.91. The molecule has 3 atom stereocenters. The van der Waals surface area contributed by atoms with Gasteiger partial charge >= 0.3 is 5.97 Å². The normalized spacial score (nSPS) is 37.8. The van der Waals surface area contributed by atoms with E-state index in [9.17, 15) is 9.59 Å². The van der Waals surface area contributed by atoms with Crippen LogP contribution in [0.2, 0.25) is 0 Å². The van der Waals surface area contributed by atoms with Crippen molar-refractivity contribution in [1.29, 1.82) is 0 Å². The number of esters is 1. The third-order valence-electron chi connectivity index (χ3n) is 4.47. The predicted octanol–water partition coefficient (Wildman–Crippen LogP) is 0.662. The number of allylic oxidation sites excluding steroid dienone is 1. The molecule has 0 radical (unpaired) electrons. The number of nitrogens with zero attached hydrogens (tertiary/aromatic N) is 1. The molecule has 2 fully saturated rings. The van der Waals surface area contributed by atoms with Crippen molar-refractivity contribution >= 4 is 11.9 Å². The highest BCUT2D eigenvalue weighted by Crippen LogP contribution is 2.47. The molecule has 18 heavy (non-hydrogen) atoms. The van der Waals surface area contributed by atoms with Gasteiger partial charge in [-0.05, 0) is 26.8 Å². The lowest BCUT2D eigenvalue weighted by Crippen LogP contribution is -2.61. The van der Waals surface area contributed by atoms with Gasteiger partial charge in [-0.15, -0.1) is 0 Å². The van der Waals surface area contributed by atoms with Crippen LogP contribution in [0.15, 0.2) is 11.8 Å². The Morgan fingerprint density at radius 1 is 1.67 bits per heavy atom. The Morgan fingerprint density at radius 3 is 2.83 bits per heavy atom. The SMILES string of the molecule is C/C=C1\NC(=O)[C@@H]2C[C@H](C(=O)OC)[C@@]1(CC)N2C. The van der Waals surface area contributed by atoms with Gasteiger partial charge in [0.05, 0.1) is 24.6 Å². The fourth-order valence-electron chi connectivity index (χ4n) is 3.53. The van der Waals surface area contributed by atoms with Gasteiger partial charge in [0.15, 0.2) is 0 Å². The van der Waals surface area contributed by atoms with Gasteiger partial charge in [-0.3, -0.25) is 14.5 Å². The van der Waals surface area contributed by atoms with Crippen LogP contribution in [0, 0.1) is 5.92 Å². The van der Waals surface area contributed by atoms with E-state index in [-0.39, 0.29) is 23.8 Å². The van der Waals surface area contributed by atoms with Gasteiger partial charge in [-0.2, -0.15) is 0 Å². The molecular formula is C13H20N2O3. The van der Waals surface area contributed by atoms with Crippen LogP contribution in [0.3, 0.4) is 0 Å². The summed E-state index contributed by atoms with van der Waals surface area (Å²) in [6, 6.07) is -0.238. The van der Waals surface area contributed by atoms with E-state index >= 15 is 0 Å². The van der Waals surface area contributed by atoms with Gasteiger partial charge in [0, 0.05) is 5.70 Å². The largest absolute Gasteiger partial charge is 0.469 e. The van der Waals surface area contributed by atoms with Crippen molar-refractivity contribution in [2.75, 3.05) is 14.2 Å². The van der Waals surface area contributed by atoms with Crippen molar-refractivity contribution < 1.29 is 14.3 Å². The molecule has 100 valence electrons. The Balaban J connectivity index is 2.53. The van der Waals surface area contributed by atoms with Gasteiger partial charge < -0.3 is 10.1 Å². The molecule has 2 heterocycles. The molecule has 0 aromatic carbocycles. The minimum atomic E-state index is -0.430. The molecule has 2 rings (SSSR count). The van der Waals surface area contributed by atoms with Crippen molar-refractivity contribution in [3.8, 4) is 0 Å². The van der Waals surface area contributed by atoms with E-state index in [1.165, 1.54) is 7.11 Å². The van der Waals surface area contributed by atoms with E-state index in [0.717, 1.165) is 12.1 Å². The fraction of sp³-hybridized carbons (Fsp3) is 0.692. The lowest BCUT2D eigenvalue weighted by molar-refractivity contribution is -0.148. The van der Waals surface area contributed by atoms with Gasteiger partial charge in [0.2, 0.25) is 5.91 Å². The van der Waals surface area contributed by atoms with Crippen molar-refractivity contribution in [3.63, 3.8) is 0 Å². The molecule has 0 aromatic rings. The van der Waals surface area contributed by atoms with Crippen LogP contribution in [0.1, 0.15) is 26.7 Å². The quantitative estimate of drug-likeness (QED) is 0.734. The molecule has 1 N–H and O–H groups in total. The summed E-state index contributed by atoms with van der Waals surface area (Å²) in [7, 11) is 3.32. The zero-order valence-corrected chi connectivity index (χ0v) is 11.3. The van der Waals surface area contributed by atoms with E-state index in [1.54, 1.807) is 0 Å². The van der Waals surface area contributed by atoms with E-state index < -0.39 is 5.54 Å². The molecule has 1 amide bonds. The first-order valence-corrected chi connectivity index (χ1v) is 6.31. The van der Waals surface area contributed by atoms with Crippen LogP contribution >= 0.6 is 0 Å². The Kier molecular flexibility index (Phi) is 3.19. The molecule has 2 saturated heterocycles. The zero-order valence-electron chi connectivity index (χ0n) is 11.3. The van der Waals surface area contributed by atoms with Crippen molar-refractivity contribution in [2.24, 2.45) is 5.92 Å². The first kappa shape index (κ1) is 13.1. The maximum atomic E-state index is 12.0. The second-order valence-corrected chi connectivity index (χ2v) is 4.91. The van der Waals surface area contributed by atoms with E-state index in [2.05, 4.69) is 5.32 Å². The minimum absolute atomic E-state index is 0.0268. The topological polar surface area (TPSA) is 58.6 Å². The van der Waals surface area contributed by atoms with E-state index in [4.69, 9.17) is 4.74 Å². The predicted molar refractivity (Wildman–Crippen MR) is 66.6 cm³/mol. The van der Waals surface area contributed by atoms with Crippen molar-refractivity contribution in [3.05, 3.63) is 11.8 Å². The lowest BCUT2D eigenvalue weighted by atomic mass is 9.79. The zero-order chi connectivity index (χ0) is 13.5. The summed E-state index contributed by atoms with van der Waals surface area (Å²) >= 11 is 0. The number of carbonyl (C=O) groups is 2. The minimum Gasteiger partial charge on any atom is -0.469 e. The summed E-state index contributed by atoms with van der Waals surface area (Å²) in [6.07, 6.45) is 3.18. The molecule has 2 bridgehead atoms. The molecule has 0 aromatic heterocycles. The smallest absolute Gasteiger partial charge is 0.311 e. The molecular weight excluding hydrogens is 232 g/mol. The number of hydrogen-bond acceptors (Lipinski definition) is 4. The van der Waals surface area contributed by atoms with Crippen molar-refractivity contribution in [1.82, 2.24) is 10.2 Å². The molecule has 2 aliphatic heterocycles. The van der Waals surface area contributed by atoms with Gasteiger partial charge in [0.1, 0.15) is 0 Å². The Bertz CT molecular complexity index is 418. The summed E-state index contributed by atoms with van der Waals surface area (Å²) in [5.41, 5.74) is 0.391. The van der Waals surface area contributed by atoms with Crippen LogP contribution in [0.4, 0.5) is 0 Å². The third-order valence-corrected chi connectivity index (χ3v) is 4.47. The summed E-state index contributed by atoms with van der Waals surface area (Å²) in [4.78, 5) is 26.1. The number of ether oxygens (including phenoxy) is 1. The standard InChI is InChI=1S/C13H20N2O3/c1-5-10-13(6-2)8(12(17)18-4)7-9(15(13)3)11(16)14-10/h5,8-9H,6-7H2,1-4H3,(H,14,16)/b10-5-/t8-,9+,13-/m1/s1. The molecule has 0 unspecified atom stereocenters. The number of fused-ring (bicyclic) bond motifs is 2. The second kappa shape index (κ2) is 4.39. The molecule has 2 aliphatic rings. The third kappa shape index (κ3) is 1.43. The maximum absolute atomic E-state index is 12.0.